The molecule has 158 valence electrons. The summed E-state index contributed by atoms with van der Waals surface area (Å²) >= 11 is 0. The van der Waals surface area contributed by atoms with Crippen molar-refractivity contribution < 1.29 is 9.53 Å². The molecule has 4 N–H and O–H groups in total. The number of nitrogens with zero attached hydrogens (tertiary/aromatic N) is 1. The fourth-order valence-electron chi connectivity index (χ4n) is 4.01. The van der Waals surface area contributed by atoms with Crippen molar-refractivity contribution in [3.8, 4) is 0 Å². The van der Waals surface area contributed by atoms with Crippen molar-refractivity contribution in [1.82, 2.24) is 10.6 Å². The molecule has 1 aliphatic rings. The molecule has 1 aliphatic carbocycles. The lowest BCUT2D eigenvalue weighted by molar-refractivity contribution is -0.133. The van der Waals surface area contributed by atoms with Crippen molar-refractivity contribution in [3.63, 3.8) is 0 Å². The lowest BCUT2D eigenvalue weighted by Gasteiger charge is -2.55. The second-order valence-corrected chi connectivity index (χ2v) is 7.07. The first kappa shape index (κ1) is 24.7. The van der Waals surface area contributed by atoms with Crippen molar-refractivity contribution in [3.05, 3.63) is 35.4 Å². The molecule has 0 aliphatic heterocycles. The third-order valence-corrected chi connectivity index (χ3v) is 5.78. The number of benzene rings is 1. The molecule has 7 heteroatoms. The highest BCUT2D eigenvalue weighted by atomic mass is 127. The number of halogens is 1. The highest BCUT2D eigenvalue weighted by Crippen LogP contribution is 2.48. The average molecular weight is 502 g/mol. The van der Waals surface area contributed by atoms with Crippen LogP contribution in [0.3, 0.4) is 0 Å². The summed E-state index contributed by atoms with van der Waals surface area (Å²) in [5, 5.41) is 6.96. The van der Waals surface area contributed by atoms with Gasteiger partial charge in [-0.3, -0.25) is 4.79 Å². The summed E-state index contributed by atoms with van der Waals surface area (Å²) in [6, 6.07) is 7.63. The monoisotopic (exact) mass is 502 g/mol. The third kappa shape index (κ3) is 5.59. The molecule has 1 aromatic rings. The van der Waals surface area contributed by atoms with Crippen LogP contribution in [-0.4, -0.2) is 37.2 Å². The summed E-state index contributed by atoms with van der Waals surface area (Å²) in [4.78, 5) is 15.9. The van der Waals surface area contributed by atoms with E-state index in [2.05, 4.69) is 38.3 Å². The maximum Gasteiger partial charge on any atom is 0.248 e. The molecule has 1 amide bonds. The summed E-state index contributed by atoms with van der Waals surface area (Å²) in [6.07, 6.45) is 3.49. The predicted octanol–water partition coefficient (Wildman–Crippen LogP) is 3.44. The number of carbonyl (C=O) groups is 1. The molecule has 2 atom stereocenters. The molecule has 1 fully saturated rings. The average Bonchev–Trinajstić information content (AvgIpc) is 2.66. The maximum atomic E-state index is 11.2. The van der Waals surface area contributed by atoms with E-state index < -0.39 is 5.91 Å². The number of hydrogen-bond acceptors (Lipinski definition) is 3. The first-order chi connectivity index (χ1) is 13.0. The number of carbonyl (C=O) groups excluding carboxylic acids is 1. The Morgan fingerprint density at radius 3 is 2.36 bits per heavy atom. The van der Waals surface area contributed by atoms with Gasteiger partial charge in [-0.05, 0) is 50.8 Å². The number of ether oxygens (including phenoxy) is 1. The van der Waals surface area contributed by atoms with Gasteiger partial charge in [0.25, 0.3) is 0 Å². The molecule has 2 rings (SSSR count). The van der Waals surface area contributed by atoms with Crippen molar-refractivity contribution in [2.24, 2.45) is 16.1 Å². The van der Waals surface area contributed by atoms with Crippen LogP contribution in [0.1, 0.15) is 62.9 Å². The van der Waals surface area contributed by atoms with Crippen LogP contribution in [0.15, 0.2) is 29.3 Å². The fourth-order valence-corrected chi connectivity index (χ4v) is 4.01. The summed E-state index contributed by atoms with van der Waals surface area (Å²) < 4.78 is 5.97. The van der Waals surface area contributed by atoms with E-state index in [0.29, 0.717) is 24.3 Å². The van der Waals surface area contributed by atoms with E-state index >= 15 is 0 Å². The highest BCUT2D eigenvalue weighted by molar-refractivity contribution is 14.0. The molecule has 1 aromatic carbocycles. The summed E-state index contributed by atoms with van der Waals surface area (Å²) in [7, 11) is 0. The topological polar surface area (TPSA) is 88.7 Å². The Balaban J connectivity index is 0.00000392. The molecule has 0 aromatic heterocycles. The molecule has 28 heavy (non-hydrogen) atoms. The van der Waals surface area contributed by atoms with E-state index in [4.69, 9.17) is 15.5 Å². The lowest BCUT2D eigenvalue weighted by Crippen LogP contribution is -2.65. The molecule has 0 bridgehead atoms. The van der Waals surface area contributed by atoms with Crippen LogP contribution in [0.2, 0.25) is 0 Å². The summed E-state index contributed by atoms with van der Waals surface area (Å²) in [5.74, 6) is 0.409. The van der Waals surface area contributed by atoms with E-state index in [1.54, 1.807) is 12.1 Å². The number of hydrogen-bond donors (Lipinski definition) is 3. The normalized spacial score (nSPS) is 20.6. The van der Waals surface area contributed by atoms with E-state index in [1.165, 1.54) is 0 Å². The third-order valence-electron chi connectivity index (χ3n) is 5.78. The number of amides is 1. The van der Waals surface area contributed by atoms with Crippen molar-refractivity contribution in [2.45, 2.75) is 65.6 Å². The van der Waals surface area contributed by atoms with Gasteiger partial charge in [0.15, 0.2) is 5.96 Å². The number of nitrogens with one attached hydrogen (secondary N) is 2. The van der Waals surface area contributed by atoms with Gasteiger partial charge >= 0.3 is 0 Å². The lowest BCUT2D eigenvalue weighted by atomic mass is 9.58. The van der Waals surface area contributed by atoms with Gasteiger partial charge in [0, 0.05) is 30.2 Å². The first-order valence-electron chi connectivity index (χ1n) is 10.1. The minimum Gasteiger partial charge on any atom is -0.378 e. The van der Waals surface area contributed by atoms with E-state index in [9.17, 15) is 4.79 Å². The van der Waals surface area contributed by atoms with Crippen LogP contribution in [0, 0.1) is 5.41 Å². The number of aliphatic imine (C=N–C) groups is 1. The molecule has 1 saturated carbocycles. The number of nitrogens with two attached hydrogens (primary N) is 1. The Bertz CT molecular complexity index is 644. The Labute approximate surface area is 186 Å². The maximum absolute atomic E-state index is 11.2. The fraction of sp³-hybridized carbons (Fsp3) is 0.619. The van der Waals surface area contributed by atoms with Crippen molar-refractivity contribution >= 4 is 35.8 Å². The number of guanidine groups is 1. The molecule has 2 unspecified atom stereocenters. The molecule has 0 radical (unpaired) electrons. The van der Waals surface area contributed by atoms with Crippen LogP contribution in [-0.2, 0) is 11.3 Å². The van der Waals surface area contributed by atoms with Crippen LogP contribution in [0.5, 0.6) is 0 Å². The minimum absolute atomic E-state index is 0. The molecule has 6 nitrogen and oxygen atoms in total. The predicted molar refractivity (Wildman–Crippen MR) is 125 cm³/mol. The highest BCUT2D eigenvalue weighted by Gasteiger charge is 2.53. The van der Waals surface area contributed by atoms with Gasteiger partial charge in [0.1, 0.15) is 0 Å². The van der Waals surface area contributed by atoms with E-state index in [1.807, 2.05) is 12.1 Å². The zero-order valence-electron chi connectivity index (χ0n) is 17.5. The minimum atomic E-state index is -0.413. The van der Waals surface area contributed by atoms with Crippen molar-refractivity contribution in [2.75, 3.05) is 13.2 Å². The summed E-state index contributed by atoms with van der Waals surface area (Å²) in [6.45, 7) is 10.7. The van der Waals surface area contributed by atoms with Gasteiger partial charge in [0.05, 0.1) is 12.6 Å². The Morgan fingerprint density at radius 1 is 1.21 bits per heavy atom. The Hall–Kier alpha value is -1.35. The van der Waals surface area contributed by atoms with Crippen LogP contribution in [0.25, 0.3) is 0 Å². The van der Waals surface area contributed by atoms with Gasteiger partial charge in [-0.1, -0.05) is 26.0 Å². The van der Waals surface area contributed by atoms with Gasteiger partial charge in [0.2, 0.25) is 5.91 Å². The number of primary amides is 1. The zero-order valence-corrected chi connectivity index (χ0v) is 19.8. The quantitative estimate of drug-likeness (QED) is 0.274. The molecule has 0 heterocycles. The Kier molecular flexibility index (Phi) is 10.2. The van der Waals surface area contributed by atoms with Crippen LogP contribution >= 0.6 is 24.0 Å². The molecular formula is C21H35IN4O2. The number of rotatable bonds is 9. The van der Waals surface area contributed by atoms with Gasteiger partial charge in [-0.2, -0.15) is 0 Å². The standard InChI is InChI=1S/C21H34N4O2.HI/c1-5-21(6-2)17(13-18(21)27-8-4)25-20(23-7-3)24-14-15-9-11-16(12-10-15)19(22)26;/h9-12,17-18H,5-8,13-14H2,1-4H3,(H2,22,26)(H2,23,24,25);1H. The van der Waals surface area contributed by atoms with Gasteiger partial charge in [-0.15, -0.1) is 24.0 Å². The second kappa shape index (κ2) is 11.6. The van der Waals surface area contributed by atoms with Crippen LogP contribution < -0.4 is 16.4 Å². The molecular weight excluding hydrogens is 467 g/mol. The van der Waals surface area contributed by atoms with Gasteiger partial charge in [-0.25, -0.2) is 4.99 Å². The van der Waals surface area contributed by atoms with Crippen LogP contribution in [0.4, 0.5) is 0 Å². The van der Waals surface area contributed by atoms with Gasteiger partial charge < -0.3 is 21.1 Å². The first-order valence-corrected chi connectivity index (χ1v) is 10.1. The van der Waals surface area contributed by atoms with E-state index in [0.717, 1.165) is 43.9 Å². The Morgan fingerprint density at radius 2 is 1.86 bits per heavy atom. The summed E-state index contributed by atoms with van der Waals surface area (Å²) in [5.41, 5.74) is 7.00. The largest absolute Gasteiger partial charge is 0.378 e. The molecule has 0 spiro atoms. The molecule has 0 saturated heterocycles. The van der Waals surface area contributed by atoms with Crippen molar-refractivity contribution in [1.29, 1.82) is 0 Å². The smallest absolute Gasteiger partial charge is 0.248 e. The zero-order chi connectivity index (χ0) is 19.9. The second-order valence-electron chi connectivity index (χ2n) is 7.07. The SMILES string of the molecule is CCNC(=NCc1ccc(C(N)=O)cc1)NC1CC(OCC)C1(CC)CC.I. The van der Waals surface area contributed by atoms with E-state index in [-0.39, 0.29) is 29.4 Å².